The molecule has 0 fully saturated rings. The summed E-state index contributed by atoms with van der Waals surface area (Å²) in [6.45, 7) is 3.68. The van der Waals surface area contributed by atoms with Crippen LogP contribution >= 0.6 is 27.5 Å². The summed E-state index contributed by atoms with van der Waals surface area (Å²) in [5.74, 6) is 0.0843. The van der Waals surface area contributed by atoms with E-state index >= 15 is 0 Å². The van der Waals surface area contributed by atoms with Gasteiger partial charge in [0.15, 0.2) is 5.82 Å². The number of fused-ring (bicyclic) bond motifs is 1. The van der Waals surface area contributed by atoms with E-state index in [1.165, 1.54) is 13.1 Å². The van der Waals surface area contributed by atoms with Crippen LogP contribution < -0.4 is 5.32 Å². The lowest BCUT2D eigenvalue weighted by Gasteiger charge is -2.09. The molecule has 0 saturated heterocycles. The molecule has 0 amide bonds. The molecule has 3 aromatic heterocycles. The van der Waals surface area contributed by atoms with Gasteiger partial charge in [-0.25, -0.2) is 13.3 Å². The predicted molar refractivity (Wildman–Crippen MR) is 101 cm³/mol. The molecular weight excluding hydrogens is 428 g/mol. The summed E-state index contributed by atoms with van der Waals surface area (Å²) in [4.78, 5) is 7.98. The Balaban J connectivity index is 1.99. The second-order valence-corrected chi connectivity index (χ2v) is 7.11. The summed E-state index contributed by atoms with van der Waals surface area (Å²) in [7, 11) is 0. The fourth-order valence-electron chi connectivity index (χ4n) is 2.79. The van der Waals surface area contributed by atoms with Crippen molar-refractivity contribution in [3.63, 3.8) is 0 Å². The Hall–Kier alpha value is -1.80. The minimum atomic E-state index is -0.897. The molecule has 1 atom stereocenters. The van der Waals surface area contributed by atoms with Crippen molar-refractivity contribution >= 4 is 38.9 Å². The van der Waals surface area contributed by atoms with Crippen LogP contribution in [0, 0.1) is 12.7 Å². The maximum absolute atomic E-state index is 13.8. The van der Waals surface area contributed by atoms with E-state index in [-0.39, 0.29) is 11.8 Å². The van der Waals surface area contributed by atoms with Crippen molar-refractivity contribution in [3.05, 3.63) is 50.9 Å². The summed E-state index contributed by atoms with van der Waals surface area (Å²) in [5.41, 5.74) is 3.05. The van der Waals surface area contributed by atoms with E-state index in [0.29, 0.717) is 28.8 Å². The molecule has 0 saturated carbocycles. The van der Waals surface area contributed by atoms with Gasteiger partial charge in [0.1, 0.15) is 15.9 Å². The first-order chi connectivity index (χ1) is 12.4. The largest absolute Gasteiger partial charge is 0.364 e. The zero-order valence-electron chi connectivity index (χ0n) is 14.2. The number of anilines is 1. The number of rotatable bonds is 6. The molecule has 1 N–H and O–H groups in total. The molecule has 26 heavy (non-hydrogen) atoms. The average molecular weight is 445 g/mol. The van der Waals surface area contributed by atoms with Crippen molar-refractivity contribution in [2.45, 2.75) is 39.4 Å². The standard InChI is InChI=1S/C17H17BrClF2N5/c1-9(20)3-4-12-10(2)14-16(24-17(19)25-26(14)15(12)18)23-7-11-5-6-22-8-13(11)21/h5-6,8-9H,3-4,7H2,1-2H3,(H,23,24,25). The highest BCUT2D eigenvalue weighted by atomic mass is 79.9. The minimum absolute atomic E-state index is 0.0521. The zero-order chi connectivity index (χ0) is 18.8. The van der Waals surface area contributed by atoms with Gasteiger partial charge < -0.3 is 5.32 Å². The fourth-order valence-corrected chi connectivity index (χ4v) is 3.70. The first-order valence-corrected chi connectivity index (χ1v) is 9.25. The number of hydrogen-bond donors (Lipinski definition) is 1. The van der Waals surface area contributed by atoms with Crippen LogP contribution in [0.25, 0.3) is 5.52 Å². The molecule has 5 nitrogen and oxygen atoms in total. The molecule has 0 aromatic carbocycles. The number of halogens is 4. The van der Waals surface area contributed by atoms with Crippen LogP contribution in [-0.4, -0.2) is 25.8 Å². The summed E-state index contributed by atoms with van der Waals surface area (Å²) < 4.78 is 29.4. The summed E-state index contributed by atoms with van der Waals surface area (Å²) in [6.07, 6.45) is 2.75. The maximum Gasteiger partial charge on any atom is 0.243 e. The Morgan fingerprint density at radius 1 is 1.42 bits per heavy atom. The van der Waals surface area contributed by atoms with Gasteiger partial charge in [-0.3, -0.25) is 4.98 Å². The third kappa shape index (κ3) is 3.81. The van der Waals surface area contributed by atoms with Crippen LogP contribution in [0.3, 0.4) is 0 Å². The van der Waals surface area contributed by atoms with Crippen LogP contribution in [0.2, 0.25) is 5.28 Å². The van der Waals surface area contributed by atoms with Crippen molar-refractivity contribution in [1.82, 2.24) is 19.6 Å². The van der Waals surface area contributed by atoms with Crippen molar-refractivity contribution in [2.75, 3.05) is 5.32 Å². The number of nitrogens with zero attached hydrogens (tertiary/aromatic N) is 4. The number of pyridine rings is 1. The molecule has 0 radical (unpaired) electrons. The average Bonchev–Trinajstić information content (AvgIpc) is 2.82. The van der Waals surface area contributed by atoms with Crippen LogP contribution in [-0.2, 0) is 13.0 Å². The molecule has 3 aromatic rings. The third-order valence-electron chi connectivity index (χ3n) is 4.16. The highest BCUT2D eigenvalue weighted by Crippen LogP contribution is 2.32. The van der Waals surface area contributed by atoms with E-state index in [2.05, 4.69) is 36.3 Å². The Bertz CT molecular complexity index is 945. The molecule has 1 unspecified atom stereocenters. The molecule has 0 aliphatic heterocycles. The van der Waals surface area contributed by atoms with Gasteiger partial charge in [-0.1, -0.05) is 0 Å². The molecule has 0 bridgehead atoms. The quantitative estimate of drug-likeness (QED) is 0.588. The summed E-state index contributed by atoms with van der Waals surface area (Å²) in [5, 5.41) is 7.39. The van der Waals surface area contributed by atoms with Gasteiger partial charge in [0, 0.05) is 18.3 Å². The van der Waals surface area contributed by atoms with E-state index in [1.807, 2.05) is 6.92 Å². The lowest BCUT2D eigenvalue weighted by molar-refractivity contribution is 0.341. The highest BCUT2D eigenvalue weighted by Gasteiger charge is 2.20. The zero-order valence-corrected chi connectivity index (χ0v) is 16.6. The molecule has 138 valence electrons. The Labute approximate surface area is 162 Å². The molecule has 3 heterocycles. The van der Waals surface area contributed by atoms with E-state index in [4.69, 9.17) is 11.6 Å². The second-order valence-electron chi connectivity index (χ2n) is 6.02. The van der Waals surface area contributed by atoms with E-state index < -0.39 is 12.0 Å². The van der Waals surface area contributed by atoms with E-state index in [1.54, 1.807) is 10.6 Å². The van der Waals surface area contributed by atoms with Crippen molar-refractivity contribution < 1.29 is 8.78 Å². The third-order valence-corrected chi connectivity index (χ3v) is 5.14. The molecule has 9 heteroatoms. The lowest BCUT2D eigenvalue weighted by Crippen LogP contribution is -2.07. The van der Waals surface area contributed by atoms with E-state index in [0.717, 1.165) is 22.8 Å². The summed E-state index contributed by atoms with van der Waals surface area (Å²) in [6, 6.07) is 1.59. The van der Waals surface area contributed by atoms with Crippen LogP contribution in [0.1, 0.15) is 30.0 Å². The smallest absolute Gasteiger partial charge is 0.243 e. The topological polar surface area (TPSA) is 55.1 Å². The number of alkyl halides is 1. The number of nitrogens with one attached hydrogen (secondary N) is 1. The first kappa shape index (κ1) is 19.0. The maximum atomic E-state index is 13.8. The molecule has 0 aliphatic carbocycles. The van der Waals surface area contributed by atoms with Gasteiger partial charge in [0.2, 0.25) is 5.28 Å². The van der Waals surface area contributed by atoms with Gasteiger partial charge in [-0.05, 0) is 71.4 Å². The molecule has 3 rings (SSSR count). The van der Waals surface area contributed by atoms with Crippen LogP contribution in [0.5, 0.6) is 0 Å². The Morgan fingerprint density at radius 2 is 2.19 bits per heavy atom. The number of aryl methyl sites for hydroxylation is 1. The van der Waals surface area contributed by atoms with Gasteiger partial charge in [-0.2, -0.15) is 4.98 Å². The molecule has 0 spiro atoms. The van der Waals surface area contributed by atoms with Crippen LogP contribution in [0.4, 0.5) is 14.6 Å². The number of hydrogen-bond acceptors (Lipinski definition) is 4. The lowest BCUT2D eigenvalue weighted by atomic mass is 10.1. The first-order valence-electron chi connectivity index (χ1n) is 8.08. The van der Waals surface area contributed by atoms with Crippen molar-refractivity contribution in [1.29, 1.82) is 0 Å². The van der Waals surface area contributed by atoms with Crippen molar-refractivity contribution in [2.24, 2.45) is 0 Å². The van der Waals surface area contributed by atoms with Gasteiger partial charge in [0.05, 0.1) is 12.4 Å². The fraction of sp³-hybridized carbons (Fsp3) is 0.353. The SMILES string of the molecule is Cc1c(CCC(C)F)c(Br)n2nc(Cl)nc(NCc3ccncc3F)c12. The predicted octanol–water partition coefficient (Wildman–Crippen LogP) is 4.89. The second kappa shape index (κ2) is 7.84. The highest BCUT2D eigenvalue weighted by molar-refractivity contribution is 9.10. The molecule has 0 aliphatic rings. The Morgan fingerprint density at radius 3 is 2.88 bits per heavy atom. The number of aromatic nitrogens is 4. The monoisotopic (exact) mass is 443 g/mol. The molecular formula is C17H17BrClF2N5. The van der Waals surface area contributed by atoms with Gasteiger partial charge in [0.25, 0.3) is 0 Å². The normalized spacial score (nSPS) is 12.5. The van der Waals surface area contributed by atoms with E-state index in [9.17, 15) is 8.78 Å². The summed E-state index contributed by atoms with van der Waals surface area (Å²) >= 11 is 9.57. The van der Waals surface area contributed by atoms with Gasteiger partial charge >= 0.3 is 0 Å². The van der Waals surface area contributed by atoms with Gasteiger partial charge in [-0.15, -0.1) is 5.10 Å². The van der Waals surface area contributed by atoms with Crippen LogP contribution in [0.15, 0.2) is 23.1 Å². The Kier molecular flexibility index (Phi) is 5.72. The minimum Gasteiger partial charge on any atom is -0.364 e. The van der Waals surface area contributed by atoms with Crippen molar-refractivity contribution in [3.8, 4) is 0 Å².